The van der Waals surface area contributed by atoms with Crippen molar-refractivity contribution in [3.05, 3.63) is 54.4 Å². The van der Waals surface area contributed by atoms with Gasteiger partial charge in [0.2, 0.25) is 10.0 Å². The first kappa shape index (κ1) is 26.8. The van der Waals surface area contributed by atoms with Gasteiger partial charge >= 0.3 is 0 Å². The average molecular weight is 538 g/mol. The predicted molar refractivity (Wildman–Crippen MR) is 151 cm³/mol. The van der Waals surface area contributed by atoms with Crippen molar-refractivity contribution in [1.29, 1.82) is 0 Å². The smallest absolute Gasteiger partial charge is 0.243 e. The van der Waals surface area contributed by atoms with Crippen LogP contribution in [0.15, 0.2) is 53.4 Å². The lowest BCUT2D eigenvalue weighted by Gasteiger charge is -2.37. The summed E-state index contributed by atoms with van der Waals surface area (Å²) in [6, 6.07) is 15.0. The Labute approximate surface area is 226 Å². The Bertz CT molecular complexity index is 1320. The van der Waals surface area contributed by atoms with Gasteiger partial charge in [0.15, 0.2) is 0 Å². The molecule has 204 valence electrons. The molecule has 3 heterocycles. The maximum absolute atomic E-state index is 13.3. The Morgan fingerprint density at radius 2 is 1.61 bits per heavy atom. The van der Waals surface area contributed by atoms with E-state index in [-0.39, 0.29) is 6.04 Å². The highest BCUT2D eigenvalue weighted by Gasteiger charge is 2.31. The van der Waals surface area contributed by atoms with Crippen molar-refractivity contribution >= 4 is 26.7 Å². The number of aromatic nitrogens is 2. The van der Waals surface area contributed by atoms with E-state index in [1.165, 1.54) is 19.3 Å². The van der Waals surface area contributed by atoms with Crippen LogP contribution in [-0.4, -0.2) is 73.5 Å². The molecule has 1 aromatic heterocycles. The minimum Gasteiger partial charge on any atom is -0.494 e. The first-order valence-corrected chi connectivity index (χ1v) is 15.4. The van der Waals surface area contributed by atoms with Crippen LogP contribution in [0.5, 0.6) is 5.75 Å². The molecule has 3 aromatic rings. The van der Waals surface area contributed by atoms with Crippen LogP contribution in [0.25, 0.3) is 10.9 Å². The molecule has 38 heavy (non-hydrogen) atoms. The average Bonchev–Trinajstić information content (AvgIpc) is 2.97. The number of hydrogen-bond donors (Lipinski definition) is 0. The lowest BCUT2D eigenvalue weighted by atomic mass is 10.1. The number of para-hydroxylation sites is 1. The fraction of sp³-hybridized carbons (Fsp3) is 0.517. The third-order valence-corrected chi connectivity index (χ3v) is 9.59. The number of ether oxygens (including phenoxy) is 1. The van der Waals surface area contributed by atoms with E-state index in [0.717, 1.165) is 48.5 Å². The summed E-state index contributed by atoms with van der Waals surface area (Å²) < 4.78 is 33.9. The molecule has 2 aliphatic rings. The van der Waals surface area contributed by atoms with E-state index in [9.17, 15) is 8.42 Å². The van der Waals surface area contributed by atoms with Crippen LogP contribution in [0.3, 0.4) is 0 Å². The molecule has 2 aromatic carbocycles. The zero-order valence-electron chi connectivity index (χ0n) is 22.6. The van der Waals surface area contributed by atoms with Gasteiger partial charge in [-0.2, -0.15) is 4.31 Å². The number of piperazine rings is 1. The lowest BCUT2D eigenvalue weighted by Crippen LogP contribution is -2.49. The highest BCUT2D eigenvalue weighted by molar-refractivity contribution is 7.89. The van der Waals surface area contributed by atoms with Crippen molar-refractivity contribution in [2.45, 2.75) is 56.9 Å². The monoisotopic (exact) mass is 537 g/mol. The summed E-state index contributed by atoms with van der Waals surface area (Å²) in [5, 5.41) is 1.10. The van der Waals surface area contributed by atoms with Gasteiger partial charge in [-0.25, -0.2) is 18.4 Å². The van der Waals surface area contributed by atoms with E-state index in [1.54, 1.807) is 28.6 Å². The largest absolute Gasteiger partial charge is 0.494 e. The Hall–Kier alpha value is -2.75. The molecule has 0 unspecified atom stereocenters. The summed E-state index contributed by atoms with van der Waals surface area (Å²) in [5.74, 6) is 2.54. The quantitative estimate of drug-likeness (QED) is 0.361. The molecule has 0 saturated carbocycles. The van der Waals surface area contributed by atoms with Crippen molar-refractivity contribution in [3.63, 3.8) is 0 Å². The number of benzene rings is 2. The number of nitrogens with zero attached hydrogens (tertiary/aromatic N) is 5. The normalized spacial score (nSPS) is 18.5. The molecule has 0 aliphatic carbocycles. The van der Waals surface area contributed by atoms with E-state index in [4.69, 9.17) is 14.7 Å². The van der Waals surface area contributed by atoms with E-state index in [1.807, 2.05) is 6.07 Å². The maximum Gasteiger partial charge on any atom is 0.243 e. The number of rotatable bonds is 9. The Balaban J connectivity index is 1.27. The van der Waals surface area contributed by atoms with Gasteiger partial charge in [-0.3, -0.25) is 4.90 Å². The Morgan fingerprint density at radius 3 is 2.32 bits per heavy atom. The van der Waals surface area contributed by atoms with E-state index < -0.39 is 10.0 Å². The summed E-state index contributed by atoms with van der Waals surface area (Å²) in [7, 11) is -3.55. The highest BCUT2D eigenvalue weighted by Crippen LogP contribution is 2.30. The number of hydrogen-bond acceptors (Lipinski definition) is 7. The predicted octanol–water partition coefficient (Wildman–Crippen LogP) is 4.87. The van der Waals surface area contributed by atoms with Crippen molar-refractivity contribution in [2.24, 2.45) is 0 Å². The second kappa shape index (κ2) is 12.0. The first-order valence-electron chi connectivity index (χ1n) is 14.0. The van der Waals surface area contributed by atoms with Gasteiger partial charge in [-0.1, -0.05) is 25.5 Å². The lowest BCUT2D eigenvalue weighted by molar-refractivity contribution is 0.141. The van der Waals surface area contributed by atoms with Crippen LogP contribution in [0.4, 0.5) is 5.82 Å². The second-order valence-electron chi connectivity index (χ2n) is 10.3. The van der Waals surface area contributed by atoms with Crippen LogP contribution in [0, 0.1) is 0 Å². The molecule has 0 spiro atoms. The standard InChI is InChI=1S/C29H39N5O3S/c1-3-4-22-37-24-12-14-25(15-13-24)38(35,36)34-20-18-32(19-21-34)23(2)28-30-27-11-7-6-10-26(27)29(31-28)33-16-8-5-9-17-33/h6-7,10-15,23H,3-5,8-9,16-22H2,1-2H3/t23-/m0/s1. The van der Waals surface area contributed by atoms with Crippen molar-refractivity contribution in [1.82, 2.24) is 19.2 Å². The van der Waals surface area contributed by atoms with Gasteiger partial charge < -0.3 is 9.64 Å². The van der Waals surface area contributed by atoms with Gasteiger partial charge in [0, 0.05) is 44.7 Å². The number of anilines is 1. The summed E-state index contributed by atoms with van der Waals surface area (Å²) in [4.78, 5) is 15.0. The van der Waals surface area contributed by atoms with Crippen LogP contribution < -0.4 is 9.64 Å². The Kier molecular flexibility index (Phi) is 8.45. The third kappa shape index (κ3) is 5.80. The molecule has 0 amide bonds. The van der Waals surface area contributed by atoms with E-state index >= 15 is 0 Å². The van der Waals surface area contributed by atoms with Crippen LogP contribution in [0.2, 0.25) is 0 Å². The van der Waals surface area contributed by atoms with E-state index in [0.29, 0.717) is 43.4 Å². The molecule has 8 nitrogen and oxygen atoms in total. The molecular weight excluding hydrogens is 498 g/mol. The van der Waals surface area contributed by atoms with Gasteiger partial charge in [0.1, 0.15) is 17.4 Å². The molecular formula is C29H39N5O3S. The minimum atomic E-state index is -3.55. The number of unbranched alkanes of at least 4 members (excludes halogenated alkanes) is 1. The van der Waals surface area contributed by atoms with Gasteiger partial charge in [0.25, 0.3) is 0 Å². The molecule has 2 aliphatic heterocycles. The zero-order chi connectivity index (χ0) is 26.5. The molecule has 2 saturated heterocycles. The van der Waals surface area contributed by atoms with Crippen molar-refractivity contribution in [3.8, 4) is 5.75 Å². The molecule has 5 rings (SSSR count). The number of sulfonamides is 1. The molecule has 0 bridgehead atoms. The summed E-state index contributed by atoms with van der Waals surface area (Å²) in [6.45, 7) is 9.08. The second-order valence-corrected chi connectivity index (χ2v) is 12.2. The van der Waals surface area contributed by atoms with Gasteiger partial charge in [-0.05, 0) is 69.0 Å². The van der Waals surface area contributed by atoms with Crippen LogP contribution in [-0.2, 0) is 10.0 Å². The minimum absolute atomic E-state index is 0.00689. The fourth-order valence-corrected chi connectivity index (χ4v) is 6.72. The van der Waals surface area contributed by atoms with Crippen molar-refractivity contribution < 1.29 is 13.2 Å². The maximum atomic E-state index is 13.3. The molecule has 1 atom stereocenters. The zero-order valence-corrected chi connectivity index (χ0v) is 23.4. The van der Waals surface area contributed by atoms with Crippen molar-refractivity contribution in [2.75, 3.05) is 50.8 Å². The topological polar surface area (TPSA) is 78.9 Å². The third-order valence-electron chi connectivity index (χ3n) is 7.68. The number of piperidine rings is 1. The molecule has 2 fully saturated rings. The summed E-state index contributed by atoms with van der Waals surface area (Å²) in [5.41, 5.74) is 0.966. The highest BCUT2D eigenvalue weighted by atomic mass is 32.2. The van der Waals surface area contributed by atoms with Gasteiger partial charge in [0.05, 0.1) is 23.1 Å². The van der Waals surface area contributed by atoms with Gasteiger partial charge in [-0.15, -0.1) is 0 Å². The molecule has 0 radical (unpaired) electrons. The molecule has 0 N–H and O–H groups in total. The fourth-order valence-electron chi connectivity index (χ4n) is 5.30. The number of fused-ring (bicyclic) bond motifs is 1. The van der Waals surface area contributed by atoms with Crippen LogP contribution in [0.1, 0.15) is 57.8 Å². The Morgan fingerprint density at radius 1 is 0.895 bits per heavy atom. The SMILES string of the molecule is CCCCOc1ccc(S(=O)(=O)N2CCN([C@@H](C)c3nc(N4CCCCC4)c4ccccc4n3)CC2)cc1. The summed E-state index contributed by atoms with van der Waals surface area (Å²) in [6.07, 6.45) is 5.69. The summed E-state index contributed by atoms with van der Waals surface area (Å²) >= 11 is 0. The van der Waals surface area contributed by atoms with E-state index in [2.05, 4.69) is 41.8 Å². The van der Waals surface area contributed by atoms with Crippen LogP contribution >= 0.6 is 0 Å². The molecule has 9 heteroatoms. The first-order chi connectivity index (χ1) is 18.5.